The van der Waals surface area contributed by atoms with Crippen LogP contribution in [0.1, 0.15) is 12.0 Å². The van der Waals surface area contributed by atoms with E-state index in [4.69, 9.17) is 14.9 Å². The van der Waals surface area contributed by atoms with Crippen molar-refractivity contribution < 1.29 is 18.7 Å². The van der Waals surface area contributed by atoms with Crippen molar-refractivity contribution in [2.75, 3.05) is 12.0 Å². The molecule has 28 heavy (non-hydrogen) atoms. The fourth-order valence-corrected chi connectivity index (χ4v) is 3.51. The van der Waals surface area contributed by atoms with Gasteiger partial charge in [0, 0.05) is 17.0 Å². The van der Waals surface area contributed by atoms with E-state index in [-0.39, 0.29) is 6.61 Å². The van der Waals surface area contributed by atoms with Crippen LogP contribution in [0.2, 0.25) is 0 Å². The van der Waals surface area contributed by atoms with Gasteiger partial charge in [-0.05, 0) is 35.3 Å². The molecule has 3 aromatic rings. The number of thioether (sulfide) groups is 1. The smallest absolute Gasteiger partial charge is 0.336 e. The standard InChI is InChI=1S/C20H20N2O5S/c1-28-9-8-15(22-20(21)25)19(24)26-11-13-10-17(23)27-16-7-6-12-4-2-3-5-14(12)18(13)16/h2-7,10,15H,8-9,11H2,1H3,(H3,21,22,25)/t15-/m1/s1. The highest BCUT2D eigenvalue weighted by molar-refractivity contribution is 7.98. The van der Waals surface area contributed by atoms with E-state index in [2.05, 4.69) is 5.32 Å². The minimum absolute atomic E-state index is 0.120. The van der Waals surface area contributed by atoms with E-state index in [0.717, 1.165) is 10.8 Å². The van der Waals surface area contributed by atoms with Crippen LogP contribution in [0.3, 0.4) is 0 Å². The molecule has 0 fully saturated rings. The first-order chi connectivity index (χ1) is 13.5. The van der Waals surface area contributed by atoms with E-state index in [9.17, 15) is 14.4 Å². The monoisotopic (exact) mass is 400 g/mol. The van der Waals surface area contributed by atoms with Crippen molar-refractivity contribution in [3.63, 3.8) is 0 Å². The van der Waals surface area contributed by atoms with Crippen LogP contribution >= 0.6 is 11.8 Å². The molecular weight excluding hydrogens is 380 g/mol. The van der Waals surface area contributed by atoms with Gasteiger partial charge in [0.1, 0.15) is 18.2 Å². The summed E-state index contributed by atoms with van der Waals surface area (Å²) in [5, 5.41) is 4.99. The Morgan fingerprint density at radius 2 is 2.04 bits per heavy atom. The Kier molecular flexibility index (Phi) is 6.20. The highest BCUT2D eigenvalue weighted by atomic mass is 32.2. The summed E-state index contributed by atoms with van der Waals surface area (Å²) >= 11 is 1.54. The first-order valence-electron chi connectivity index (χ1n) is 8.65. The van der Waals surface area contributed by atoms with Gasteiger partial charge in [0.15, 0.2) is 0 Å². The van der Waals surface area contributed by atoms with Crippen molar-refractivity contribution in [3.05, 3.63) is 58.4 Å². The maximum atomic E-state index is 12.4. The van der Waals surface area contributed by atoms with Gasteiger partial charge in [-0.2, -0.15) is 11.8 Å². The molecule has 0 aliphatic rings. The summed E-state index contributed by atoms with van der Waals surface area (Å²) in [6, 6.07) is 10.9. The lowest BCUT2D eigenvalue weighted by Crippen LogP contribution is -2.44. The predicted octanol–water partition coefficient (Wildman–Crippen LogP) is 2.78. The average Bonchev–Trinajstić information content (AvgIpc) is 2.68. The molecule has 146 valence electrons. The number of hydrogen-bond donors (Lipinski definition) is 2. The van der Waals surface area contributed by atoms with Crippen molar-refractivity contribution >= 4 is 45.5 Å². The summed E-state index contributed by atoms with van der Waals surface area (Å²) < 4.78 is 10.7. The molecule has 3 rings (SSSR count). The molecule has 2 aromatic carbocycles. The highest BCUT2D eigenvalue weighted by Gasteiger charge is 2.21. The lowest BCUT2D eigenvalue weighted by Gasteiger charge is -2.16. The number of carbonyl (C=O) groups is 2. The molecule has 0 spiro atoms. The second kappa shape index (κ2) is 8.79. The van der Waals surface area contributed by atoms with Crippen LogP contribution in [0.15, 0.2) is 51.7 Å². The van der Waals surface area contributed by atoms with Crippen LogP contribution in [0.4, 0.5) is 4.79 Å². The van der Waals surface area contributed by atoms with Crippen molar-refractivity contribution in [2.45, 2.75) is 19.1 Å². The van der Waals surface area contributed by atoms with Gasteiger partial charge in [0.05, 0.1) is 0 Å². The van der Waals surface area contributed by atoms with Gasteiger partial charge in [-0.3, -0.25) is 0 Å². The van der Waals surface area contributed by atoms with Crippen LogP contribution in [-0.4, -0.2) is 30.1 Å². The molecular formula is C20H20N2O5S. The number of carbonyl (C=O) groups excluding carboxylic acids is 2. The predicted molar refractivity (Wildman–Crippen MR) is 109 cm³/mol. The number of rotatable bonds is 7. The SMILES string of the molecule is CSCC[C@@H](NC(N)=O)C(=O)OCc1cc(=O)oc2ccc3ccccc3c12. The Balaban J connectivity index is 1.91. The zero-order chi connectivity index (χ0) is 20.1. The van der Waals surface area contributed by atoms with Crippen LogP contribution in [0.5, 0.6) is 0 Å². The van der Waals surface area contributed by atoms with Crippen LogP contribution in [0, 0.1) is 0 Å². The quantitative estimate of drug-likeness (QED) is 0.358. The molecule has 8 heteroatoms. The second-order valence-electron chi connectivity index (χ2n) is 6.20. The average molecular weight is 400 g/mol. The Morgan fingerprint density at radius 1 is 1.25 bits per heavy atom. The number of esters is 1. The molecule has 3 N–H and O–H groups in total. The molecule has 0 bridgehead atoms. The fourth-order valence-electron chi connectivity index (χ4n) is 3.04. The van der Waals surface area contributed by atoms with Gasteiger partial charge in [0.25, 0.3) is 0 Å². The van der Waals surface area contributed by atoms with E-state index < -0.39 is 23.7 Å². The topological polar surface area (TPSA) is 112 Å². The van der Waals surface area contributed by atoms with Crippen LogP contribution in [0.25, 0.3) is 21.7 Å². The number of nitrogens with one attached hydrogen (secondary N) is 1. The molecule has 0 radical (unpaired) electrons. The molecule has 1 heterocycles. The number of amides is 2. The normalized spacial score (nSPS) is 12.0. The molecule has 0 saturated heterocycles. The Morgan fingerprint density at radius 3 is 2.79 bits per heavy atom. The van der Waals surface area contributed by atoms with E-state index in [0.29, 0.717) is 28.7 Å². The van der Waals surface area contributed by atoms with Crippen LogP contribution in [-0.2, 0) is 16.1 Å². The third-order valence-corrected chi connectivity index (χ3v) is 4.94. The molecule has 0 aliphatic heterocycles. The number of urea groups is 1. The minimum atomic E-state index is -0.840. The molecule has 0 unspecified atom stereocenters. The number of hydrogen-bond acceptors (Lipinski definition) is 6. The maximum Gasteiger partial charge on any atom is 0.336 e. The Labute approximate surface area is 165 Å². The summed E-state index contributed by atoms with van der Waals surface area (Å²) in [7, 11) is 0. The minimum Gasteiger partial charge on any atom is -0.459 e. The van der Waals surface area contributed by atoms with Gasteiger partial charge in [-0.15, -0.1) is 0 Å². The fraction of sp³-hybridized carbons (Fsp3) is 0.250. The van der Waals surface area contributed by atoms with Crippen LogP contribution < -0.4 is 16.7 Å². The summed E-state index contributed by atoms with van der Waals surface area (Å²) in [5.74, 6) is 0.0530. The molecule has 1 atom stereocenters. The third-order valence-electron chi connectivity index (χ3n) is 4.30. The molecule has 7 nitrogen and oxygen atoms in total. The zero-order valence-electron chi connectivity index (χ0n) is 15.3. The Hall–Kier alpha value is -3.00. The van der Waals surface area contributed by atoms with Crippen molar-refractivity contribution in [2.24, 2.45) is 5.73 Å². The van der Waals surface area contributed by atoms with Crippen molar-refractivity contribution in [1.29, 1.82) is 0 Å². The number of primary amides is 1. The molecule has 1 aromatic heterocycles. The number of ether oxygens (including phenoxy) is 1. The van der Waals surface area contributed by atoms with Gasteiger partial charge < -0.3 is 20.2 Å². The first kappa shape index (κ1) is 19.8. The van der Waals surface area contributed by atoms with E-state index in [1.54, 1.807) is 17.8 Å². The number of nitrogens with two attached hydrogens (primary N) is 1. The van der Waals surface area contributed by atoms with Gasteiger partial charge >= 0.3 is 17.6 Å². The zero-order valence-corrected chi connectivity index (χ0v) is 16.1. The summed E-state index contributed by atoms with van der Waals surface area (Å²) in [6.07, 6.45) is 2.29. The molecule has 0 aliphatic carbocycles. The highest BCUT2D eigenvalue weighted by Crippen LogP contribution is 2.27. The molecule has 0 saturated carbocycles. The summed E-state index contributed by atoms with van der Waals surface area (Å²) in [6.45, 7) is -0.120. The van der Waals surface area contributed by atoms with Gasteiger partial charge in [-0.1, -0.05) is 30.3 Å². The van der Waals surface area contributed by atoms with Gasteiger partial charge in [-0.25, -0.2) is 14.4 Å². The lowest BCUT2D eigenvalue weighted by molar-refractivity contribution is -0.147. The second-order valence-corrected chi connectivity index (χ2v) is 7.19. The molecule has 2 amide bonds. The third kappa shape index (κ3) is 4.45. The van der Waals surface area contributed by atoms with Crippen molar-refractivity contribution in [3.8, 4) is 0 Å². The summed E-state index contributed by atoms with van der Waals surface area (Å²) in [4.78, 5) is 35.5. The maximum absolute atomic E-state index is 12.4. The largest absolute Gasteiger partial charge is 0.459 e. The Bertz CT molecular complexity index is 1080. The number of benzene rings is 2. The van der Waals surface area contributed by atoms with E-state index in [1.807, 2.05) is 36.6 Å². The van der Waals surface area contributed by atoms with Crippen molar-refractivity contribution in [1.82, 2.24) is 5.32 Å². The van der Waals surface area contributed by atoms with Gasteiger partial charge in [0.2, 0.25) is 0 Å². The number of fused-ring (bicyclic) bond motifs is 3. The van der Waals surface area contributed by atoms with E-state index >= 15 is 0 Å². The summed E-state index contributed by atoms with van der Waals surface area (Å²) in [5.41, 5.74) is 5.59. The van der Waals surface area contributed by atoms with E-state index in [1.165, 1.54) is 6.07 Å². The first-order valence-corrected chi connectivity index (χ1v) is 10.0. The lowest BCUT2D eigenvalue weighted by atomic mass is 10.0.